The van der Waals surface area contributed by atoms with Crippen molar-refractivity contribution in [3.63, 3.8) is 0 Å². The van der Waals surface area contributed by atoms with Crippen LogP contribution in [0.15, 0.2) is 24.3 Å². The lowest BCUT2D eigenvalue weighted by Crippen LogP contribution is -2.43. The summed E-state index contributed by atoms with van der Waals surface area (Å²) in [5.74, 6) is -0.550. The van der Waals surface area contributed by atoms with Gasteiger partial charge in [-0.05, 0) is 25.0 Å². The lowest BCUT2D eigenvalue weighted by Gasteiger charge is -2.23. The first kappa shape index (κ1) is 14.8. The number of nitrogens with one attached hydrogen (secondary N) is 1. The third-order valence-electron chi connectivity index (χ3n) is 3.43. The highest BCUT2D eigenvalue weighted by Crippen LogP contribution is 2.17. The number of amides is 2. The van der Waals surface area contributed by atoms with Crippen LogP contribution in [-0.4, -0.2) is 47.6 Å². The molecule has 2 amide bonds. The molecule has 1 aliphatic heterocycles. The Kier molecular flexibility index (Phi) is 4.98. The molecule has 0 spiro atoms. The van der Waals surface area contributed by atoms with Crippen LogP contribution in [0.25, 0.3) is 0 Å². The van der Waals surface area contributed by atoms with Gasteiger partial charge in [-0.25, -0.2) is 0 Å². The first-order valence-corrected chi connectivity index (χ1v) is 6.94. The fourth-order valence-corrected chi connectivity index (χ4v) is 2.57. The minimum atomic E-state index is -0.372. The predicted molar refractivity (Wildman–Crippen MR) is 75.6 cm³/mol. The Bertz CT molecular complexity index is 507. The molecule has 0 saturated carbocycles. The van der Waals surface area contributed by atoms with Crippen molar-refractivity contribution in [1.82, 2.24) is 10.2 Å². The van der Waals surface area contributed by atoms with E-state index in [1.165, 1.54) is 0 Å². The smallest absolute Gasteiger partial charge is 0.253 e. The third-order valence-corrected chi connectivity index (χ3v) is 3.76. The van der Waals surface area contributed by atoms with Crippen LogP contribution in [0.2, 0.25) is 5.02 Å². The van der Waals surface area contributed by atoms with Crippen LogP contribution in [0, 0.1) is 0 Å². The number of carbonyl (C=O) groups is 2. The second-order valence-corrected chi connectivity index (χ2v) is 5.14. The van der Waals surface area contributed by atoms with Crippen LogP contribution in [0.3, 0.4) is 0 Å². The summed E-state index contributed by atoms with van der Waals surface area (Å²) in [7, 11) is 0. The Morgan fingerprint density at radius 3 is 2.85 bits per heavy atom. The summed E-state index contributed by atoms with van der Waals surface area (Å²) in [6.07, 6.45) is 1.69. The summed E-state index contributed by atoms with van der Waals surface area (Å²) in [6, 6.07) is 6.56. The molecule has 0 bridgehead atoms. The van der Waals surface area contributed by atoms with E-state index in [9.17, 15) is 14.7 Å². The van der Waals surface area contributed by atoms with Crippen molar-refractivity contribution >= 4 is 23.4 Å². The molecule has 20 heavy (non-hydrogen) atoms. The van der Waals surface area contributed by atoms with Crippen molar-refractivity contribution in [2.45, 2.75) is 18.9 Å². The fourth-order valence-electron chi connectivity index (χ4n) is 2.35. The number of carbonyl (C=O) groups excluding carboxylic acids is 2. The molecule has 1 aliphatic rings. The van der Waals surface area contributed by atoms with E-state index in [0.29, 0.717) is 17.1 Å². The van der Waals surface area contributed by atoms with E-state index >= 15 is 0 Å². The van der Waals surface area contributed by atoms with Crippen LogP contribution >= 0.6 is 11.6 Å². The number of rotatable bonds is 4. The van der Waals surface area contributed by atoms with E-state index in [2.05, 4.69) is 5.32 Å². The van der Waals surface area contributed by atoms with Gasteiger partial charge in [0.25, 0.3) is 5.91 Å². The van der Waals surface area contributed by atoms with Gasteiger partial charge in [-0.15, -0.1) is 0 Å². The third kappa shape index (κ3) is 3.29. The second kappa shape index (κ2) is 6.72. The average Bonchev–Trinajstić information content (AvgIpc) is 2.93. The first-order chi connectivity index (χ1) is 9.63. The summed E-state index contributed by atoms with van der Waals surface area (Å²) < 4.78 is 0. The van der Waals surface area contributed by atoms with Gasteiger partial charge in [0.2, 0.25) is 5.91 Å². The maximum absolute atomic E-state index is 12.0. The molecule has 2 N–H and O–H groups in total. The maximum Gasteiger partial charge on any atom is 0.253 e. The van der Waals surface area contributed by atoms with E-state index < -0.39 is 0 Å². The minimum absolute atomic E-state index is 0.0375. The summed E-state index contributed by atoms with van der Waals surface area (Å²) in [5.41, 5.74) is 0.349. The van der Waals surface area contributed by atoms with Crippen molar-refractivity contribution in [2.24, 2.45) is 0 Å². The number of hydrogen-bond acceptors (Lipinski definition) is 3. The highest BCUT2D eigenvalue weighted by Gasteiger charge is 2.28. The van der Waals surface area contributed by atoms with Gasteiger partial charge in [-0.2, -0.15) is 0 Å². The largest absolute Gasteiger partial charge is 0.394 e. The maximum atomic E-state index is 12.0. The molecule has 1 atom stereocenters. The van der Waals surface area contributed by atoms with E-state index in [1.54, 1.807) is 29.2 Å². The zero-order valence-electron chi connectivity index (χ0n) is 11.0. The van der Waals surface area contributed by atoms with Gasteiger partial charge in [0.05, 0.1) is 29.8 Å². The molecule has 108 valence electrons. The number of halogens is 1. The fraction of sp³-hybridized carbons (Fsp3) is 0.429. The lowest BCUT2D eigenvalue weighted by molar-refractivity contribution is -0.131. The molecule has 6 heteroatoms. The van der Waals surface area contributed by atoms with Crippen molar-refractivity contribution in [3.8, 4) is 0 Å². The van der Waals surface area contributed by atoms with Crippen LogP contribution in [0.5, 0.6) is 0 Å². The molecule has 1 unspecified atom stereocenters. The van der Waals surface area contributed by atoms with Gasteiger partial charge in [-0.3, -0.25) is 9.59 Å². The van der Waals surface area contributed by atoms with Crippen LogP contribution in [-0.2, 0) is 4.79 Å². The van der Waals surface area contributed by atoms with Gasteiger partial charge in [-0.1, -0.05) is 23.7 Å². The Balaban J connectivity index is 1.90. The lowest BCUT2D eigenvalue weighted by atomic mass is 10.2. The van der Waals surface area contributed by atoms with E-state index in [-0.39, 0.29) is 31.0 Å². The zero-order chi connectivity index (χ0) is 14.5. The normalized spacial score (nSPS) is 18.1. The van der Waals surface area contributed by atoms with Crippen LogP contribution in [0.4, 0.5) is 0 Å². The Hall–Kier alpha value is -1.59. The highest BCUT2D eigenvalue weighted by atomic mass is 35.5. The molecular weight excluding hydrogens is 280 g/mol. The Labute approximate surface area is 122 Å². The Morgan fingerprint density at radius 2 is 2.15 bits per heavy atom. The van der Waals surface area contributed by atoms with Crippen LogP contribution < -0.4 is 5.32 Å². The van der Waals surface area contributed by atoms with Crippen LogP contribution in [0.1, 0.15) is 23.2 Å². The standard InChI is InChI=1S/C14H17ClN2O3/c15-12-6-2-1-5-11(12)14(20)16-8-13(19)17-7-3-4-10(17)9-18/h1-2,5-6,10,18H,3-4,7-9H2,(H,16,20). The van der Waals surface area contributed by atoms with Gasteiger partial charge >= 0.3 is 0 Å². The molecule has 2 rings (SSSR count). The number of hydrogen-bond donors (Lipinski definition) is 2. The molecule has 1 aromatic rings. The van der Waals surface area contributed by atoms with Gasteiger partial charge < -0.3 is 15.3 Å². The molecule has 0 aromatic heterocycles. The number of likely N-dealkylation sites (tertiary alicyclic amines) is 1. The quantitative estimate of drug-likeness (QED) is 0.873. The summed E-state index contributed by atoms with van der Waals surface area (Å²) in [6.45, 7) is 0.511. The monoisotopic (exact) mass is 296 g/mol. The van der Waals surface area contributed by atoms with Crippen molar-refractivity contribution in [1.29, 1.82) is 0 Å². The Morgan fingerprint density at radius 1 is 1.40 bits per heavy atom. The number of aliphatic hydroxyl groups excluding tert-OH is 1. The number of benzene rings is 1. The van der Waals surface area contributed by atoms with Gasteiger partial charge in [0, 0.05) is 6.54 Å². The van der Waals surface area contributed by atoms with Gasteiger partial charge in [0.1, 0.15) is 0 Å². The number of nitrogens with zero attached hydrogens (tertiary/aromatic N) is 1. The molecular formula is C14H17ClN2O3. The summed E-state index contributed by atoms with van der Waals surface area (Å²) in [5, 5.41) is 12.1. The number of aliphatic hydroxyl groups is 1. The predicted octanol–water partition coefficient (Wildman–Crippen LogP) is 1.05. The summed E-state index contributed by atoms with van der Waals surface area (Å²) in [4.78, 5) is 25.5. The summed E-state index contributed by atoms with van der Waals surface area (Å²) >= 11 is 5.92. The topological polar surface area (TPSA) is 69.6 Å². The zero-order valence-corrected chi connectivity index (χ0v) is 11.8. The molecule has 1 saturated heterocycles. The highest BCUT2D eigenvalue weighted by molar-refractivity contribution is 6.33. The second-order valence-electron chi connectivity index (χ2n) is 4.73. The van der Waals surface area contributed by atoms with Crippen molar-refractivity contribution < 1.29 is 14.7 Å². The molecule has 1 heterocycles. The molecule has 0 aliphatic carbocycles. The van der Waals surface area contributed by atoms with Crippen molar-refractivity contribution in [3.05, 3.63) is 34.9 Å². The van der Waals surface area contributed by atoms with E-state index in [4.69, 9.17) is 11.6 Å². The molecule has 5 nitrogen and oxygen atoms in total. The molecule has 1 aromatic carbocycles. The SMILES string of the molecule is O=C(NCC(=O)N1CCCC1CO)c1ccccc1Cl. The van der Waals surface area contributed by atoms with E-state index in [0.717, 1.165) is 12.8 Å². The van der Waals surface area contributed by atoms with Gasteiger partial charge in [0.15, 0.2) is 0 Å². The van der Waals surface area contributed by atoms with Crippen molar-refractivity contribution in [2.75, 3.05) is 19.7 Å². The molecule has 0 radical (unpaired) electrons. The van der Waals surface area contributed by atoms with E-state index in [1.807, 2.05) is 0 Å². The molecule has 1 fully saturated rings. The minimum Gasteiger partial charge on any atom is -0.394 e. The first-order valence-electron chi connectivity index (χ1n) is 6.56. The average molecular weight is 297 g/mol.